The fourth-order valence-electron chi connectivity index (χ4n) is 4.95. The van der Waals surface area contributed by atoms with Gasteiger partial charge in [-0.05, 0) is 49.9 Å². The van der Waals surface area contributed by atoms with Crippen LogP contribution in [0.1, 0.15) is 31.2 Å². The summed E-state index contributed by atoms with van der Waals surface area (Å²) in [6.45, 7) is -0.260. The molecule has 2 aliphatic rings. The minimum atomic E-state index is -4.60. The maximum Gasteiger partial charge on any atom is 0.417 e. The molecular weight excluding hydrogens is 541 g/mol. The smallest absolute Gasteiger partial charge is 0.417 e. The fraction of sp³-hybridized carbons (Fsp3) is 0.417. The number of sulfonamides is 1. The van der Waals surface area contributed by atoms with Crippen LogP contribution >= 0.6 is 0 Å². The van der Waals surface area contributed by atoms with Crippen LogP contribution in [0.25, 0.3) is 10.9 Å². The predicted octanol–water partition coefficient (Wildman–Crippen LogP) is 2.73. The van der Waals surface area contributed by atoms with E-state index in [9.17, 15) is 31.5 Å². The number of nitrogens with zero attached hydrogens (tertiary/aromatic N) is 5. The fourth-order valence-corrected chi connectivity index (χ4v) is 5.50. The van der Waals surface area contributed by atoms with Gasteiger partial charge in [0.15, 0.2) is 0 Å². The first kappa shape index (κ1) is 26.9. The van der Waals surface area contributed by atoms with Crippen molar-refractivity contribution in [1.29, 1.82) is 0 Å². The van der Waals surface area contributed by atoms with Gasteiger partial charge in [-0.25, -0.2) is 18.4 Å². The number of rotatable bonds is 6. The summed E-state index contributed by atoms with van der Waals surface area (Å²) in [5.41, 5.74) is -0.0946. The number of anilines is 2. The van der Waals surface area contributed by atoms with E-state index in [-0.39, 0.29) is 30.3 Å². The molecule has 1 unspecified atom stereocenters. The number of halogens is 3. The Morgan fingerprint density at radius 1 is 1.10 bits per heavy atom. The number of aliphatic hydroxyl groups is 1. The van der Waals surface area contributed by atoms with Crippen molar-refractivity contribution in [3.63, 3.8) is 0 Å². The molecule has 3 aromatic rings. The Balaban J connectivity index is 1.24. The van der Waals surface area contributed by atoms with Crippen molar-refractivity contribution >= 4 is 38.2 Å². The lowest BCUT2D eigenvalue weighted by Gasteiger charge is -2.37. The van der Waals surface area contributed by atoms with Crippen molar-refractivity contribution in [2.45, 2.75) is 50.4 Å². The third-order valence-electron chi connectivity index (χ3n) is 6.72. The molecule has 1 saturated heterocycles. The second kappa shape index (κ2) is 10.1. The summed E-state index contributed by atoms with van der Waals surface area (Å²) in [5.74, 6) is -0.0422. The number of hydrogen-bond acceptors (Lipinski definition) is 9. The summed E-state index contributed by atoms with van der Waals surface area (Å²) < 4.78 is 70.9. The molecule has 1 amide bonds. The Kier molecular flexibility index (Phi) is 6.97. The number of hydrogen-bond donors (Lipinski definition) is 2. The van der Waals surface area contributed by atoms with Crippen molar-refractivity contribution in [3.8, 4) is 5.88 Å². The number of ether oxygens (including phenoxy) is 1. The second-order valence-electron chi connectivity index (χ2n) is 9.54. The molecular formula is C24H25F3N6O5S. The average Bonchev–Trinajstić information content (AvgIpc) is 3.17. The van der Waals surface area contributed by atoms with Crippen molar-refractivity contribution in [1.82, 2.24) is 19.9 Å². The average molecular weight is 567 g/mol. The van der Waals surface area contributed by atoms with Gasteiger partial charge in [0.25, 0.3) is 0 Å². The molecule has 1 aliphatic carbocycles. The summed E-state index contributed by atoms with van der Waals surface area (Å²) in [7, 11) is -3.45. The Bertz CT molecular complexity index is 1500. The third kappa shape index (κ3) is 5.83. The molecule has 11 nitrogen and oxygen atoms in total. The van der Waals surface area contributed by atoms with Crippen LogP contribution in [-0.4, -0.2) is 70.6 Å². The number of benzene rings is 1. The van der Waals surface area contributed by atoms with E-state index in [1.807, 2.05) is 0 Å². The van der Waals surface area contributed by atoms with Gasteiger partial charge in [0.2, 0.25) is 28.2 Å². The van der Waals surface area contributed by atoms with E-state index in [1.165, 1.54) is 22.3 Å². The molecule has 1 atom stereocenters. The van der Waals surface area contributed by atoms with Gasteiger partial charge in [0.05, 0.1) is 40.3 Å². The molecule has 2 aromatic heterocycles. The van der Waals surface area contributed by atoms with Crippen LogP contribution in [0.4, 0.5) is 24.5 Å². The highest BCUT2D eigenvalue weighted by Gasteiger charge is 2.43. The van der Waals surface area contributed by atoms with Crippen molar-refractivity contribution < 1.29 is 36.2 Å². The number of amides is 1. The zero-order chi connectivity index (χ0) is 27.9. The SMILES string of the molecule is CS(=O)(=O)Nc1ccc2c(OC3CCC(N4C(=O)CN(c5cncc(C(F)(F)F)c5)C4O)CC3)ncnc2c1. The molecule has 2 fully saturated rings. The van der Waals surface area contributed by atoms with Crippen LogP contribution in [0.15, 0.2) is 43.0 Å². The number of aromatic nitrogens is 3. The van der Waals surface area contributed by atoms with E-state index in [2.05, 4.69) is 19.7 Å². The number of pyridine rings is 1. The number of carbonyl (C=O) groups excluding carboxylic acids is 1. The Morgan fingerprint density at radius 2 is 1.85 bits per heavy atom. The lowest BCUT2D eigenvalue weighted by Crippen LogP contribution is -2.48. The van der Waals surface area contributed by atoms with Crippen LogP contribution in [0.2, 0.25) is 0 Å². The highest BCUT2D eigenvalue weighted by atomic mass is 32.2. The summed E-state index contributed by atoms with van der Waals surface area (Å²) in [5, 5.41) is 11.5. The van der Waals surface area contributed by atoms with E-state index in [4.69, 9.17) is 4.74 Å². The highest BCUT2D eigenvalue weighted by molar-refractivity contribution is 7.92. The molecule has 1 aliphatic heterocycles. The van der Waals surface area contributed by atoms with Gasteiger partial charge in [-0.1, -0.05) is 0 Å². The lowest BCUT2D eigenvalue weighted by atomic mass is 9.92. The van der Waals surface area contributed by atoms with Crippen molar-refractivity contribution in [3.05, 3.63) is 48.5 Å². The van der Waals surface area contributed by atoms with Crippen molar-refractivity contribution in [2.24, 2.45) is 0 Å². The van der Waals surface area contributed by atoms with Crippen LogP contribution in [0.3, 0.4) is 0 Å². The number of carbonyl (C=O) groups is 1. The van der Waals surface area contributed by atoms with Gasteiger partial charge in [-0.2, -0.15) is 13.2 Å². The minimum Gasteiger partial charge on any atom is -0.474 e. The molecule has 3 heterocycles. The Hall–Kier alpha value is -3.72. The number of aliphatic hydroxyl groups excluding tert-OH is 1. The summed E-state index contributed by atoms with van der Waals surface area (Å²) in [6.07, 6.45) is 0.127. The quantitative estimate of drug-likeness (QED) is 0.461. The molecule has 0 radical (unpaired) electrons. The first-order valence-corrected chi connectivity index (χ1v) is 14.0. The molecule has 0 spiro atoms. The second-order valence-corrected chi connectivity index (χ2v) is 11.3. The van der Waals surface area contributed by atoms with Gasteiger partial charge in [-0.15, -0.1) is 0 Å². The maximum atomic E-state index is 13.1. The standard InChI is InChI=1S/C24H25F3N6O5S/c1-39(36,37)31-15-2-7-19-20(9-15)29-13-30-22(19)38-18-5-3-16(4-6-18)33-21(34)12-32(23(33)35)17-8-14(10-28-11-17)24(25,26)27/h2,7-11,13,16,18,23,31,35H,3-6,12H2,1H3. The first-order valence-electron chi connectivity index (χ1n) is 12.1. The maximum absolute atomic E-state index is 13.1. The number of fused-ring (bicyclic) bond motifs is 1. The molecule has 1 saturated carbocycles. The van der Waals surface area contributed by atoms with Crippen LogP contribution < -0.4 is 14.4 Å². The van der Waals surface area contributed by atoms with Crippen LogP contribution in [-0.2, 0) is 21.0 Å². The molecule has 208 valence electrons. The topological polar surface area (TPSA) is 138 Å². The largest absolute Gasteiger partial charge is 0.474 e. The highest BCUT2D eigenvalue weighted by Crippen LogP contribution is 2.35. The normalized spacial score (nSPS) is 22.4. The Morgan fingerprint density at radius 3 is 2.54 bits per heavy atom. The molecule has 15 heteroatoms. The first-order chi connectivity index (χ1) is 18.4. The molecule has 2 N–H and O–H groups in total. The van der Waals surface area contributed by atoms with E-state index in [1.54, 1.807) is 18.2 Å². The van der Waals surface area contributed by atoms with Crippen molar-refractivity contribution in [2.75, 3.05) is 22.4 Å². The van der Waals surface area contributed by atoms with Gasteiger partial charge in [0.1, 0.15) is 19.0 Å². The molecule has 1 aromatic carbocycles. The predicted molar refractivity (Wildman–Crippen MR) is 134 cm³/mol. The van der Waals surface area contributed by atoms with Gasteiger partial charge in [0, 0.05) is 12.2 Å². The number of nitrogens with one attached hydrogen (secondary N) is 1. The number of alkyl halides is 3. The van der Waals surface area contributed by atoms with E-state index in [0.717, 1.165) is 12.3 Å². The molecule has 0 bridgehead atoms. The third-order valence-corrected chi connectivity index (χ3v) is 7.33. The lowest BCUT2D eigenvalue weighted by molar-refractivity contribution is -0.138. The zero-order valence-corrected chi connectivity index (χ0v) is 21.5. The minimum absolute atomic E-state index is 0.00993. The Labute approximate surface area is 221 Å². The monoisotopic (exact) mass is 566 g/mol. The van der Waals surface area contributed by atoms with E-state index < -0.39 is 28.1 Å². The van der Waals surface area contributed by atoms with Gasteiger partial charge < -0.3 is 14.7 Å². The summed E-state index contributed by atoms with van der Waals surface area (Å²) in [6, 6.07) is 5.38. The van der Waals surface area contributed by atoms with E-state index >= 15 is 0 Å². The molecule has 39 heavy (non-hydrogen) atoms. The van der Waals surface area contributed by atoms with Crippen LogP contribution in [0, 0.1) is 0 Å². The zero-order valence-electron chi connectivity index (χ0n) is 20.7. The van der Waals surface area contributed by atoms with Gasteiger partial charge >= 0.3 is 6.18 Å². The van der Waals surface area contributed by atoms with Crippen LogP contribution in [0.5, 0.6) is 5.88 Å². The molecule has 5 rings (SSSR count). The van der Waals surface area contributed by atoms with Gasteiger partial charge in [-0.3, -0.25) is 19.4 Å². The summed E-state index contributed by atoms with van der Waals surface area (Å²) >= 11 is 0. The van der Waals surface area contributed by atoms with E-state index in [0.29, 0.717) is 54.4 Å². The summed E-state index contributed by atoms with van der Waals surface area (Å²) in [4.78, 5) is 27.3.